The van der Waals surface area contributed by atoms with Crippen molar-refractivity contribution in [3.05, 3.63) is 35.1 Å². The molecule has 0 heterocycles. The SMILES string of the molecule is CCCCCC1CCC(CCC2CCC3CC(c4ccc(CCCC)c(F)c4)CCC3C2)CC1. The van der Waals surface area contributed by atoms with E-state index in [1.807, 2.05) is 6.07 Å². The first-order chi connectivity index (χ1) is 16.7. The minimum Gasteiger partial charge on any atom is -0.207 e. The van der Waals surface area contributed by atoms with Crippen LogP contribution in [-0.2, 0) is 6.42 Å². The van der Waals surface area contributed by atoms with Crippen LogP contribution in [0.25, 0.3) is 0 Å². The second-order valence-corrected chi connectivity index (χ2v) is 12.6. The average molecular weight is 469 g/mol. The molecule has 4 rings (SSSR count). The lowest BCUT2D eigenvalue weighted by molar-refractivity contribution is 0.108. The number of benzene rings is 1. The Bertz CT molecular complexity index is 715. The van der Waals surface area contributed by atoms with Gasteiger partial charge in [-0.2, -0.15) is 0 Å². The van der Waals surface area contributed by atoms with Gasteiger partial charge in [-0.05, 0) is 97.6 Å². The topological polar surface area (TPSA) is 0 Å². The van der Waals surface area contributed by atoms with Gasteiger partial charge in [-0.1, -0.05) is 103 Å². The van der Waals surface area contributed by atoms with E-state index in [0.29, 0.717) is 5.92 Å². The summed E-state index contributed by atoms with van der Waals surface area (Å²) >= 11 is 0. The molecule has 1 heteroatoms. The van der Waals surface area contributed by atoms with E-state index in [4.69, 9.17) is 0 Å². The van der Waals surface area contributed by atoms with Crippen molar-refractivity contribution in [1.29, 1.82) is 0 Å². The summed E-state index contributed by atoms with van der Waals surface area (Å²) in [6, 6.07) is 6.23. The van der Waals surface area contributed by atoms with E-state index in [9.17, 15) is 4.39 Å². The second-order valence-electron chi connectivity index (χ2n) is 12.6. The lowest BCUT2D eigenvalue weighted by Gasteiger charge is -2.43. The van der Waals surface area contributed by atoms with E-state index in [1.54, 1.807) is 0 Å². The molecule has 0 nitrogen and oxygen atoms in total. The maximum Gasteiger partial charge on any atom is 0.126 e. The van der Waals surface area contributed by atoms with Crippen molar-refractivity contribution < 1.29 is 4.39 Å². The van der Waals surface area contributed by atoms with Crippen molar-refractivity contribution in [2.75, 3.05) is 0 Å². The Hall–Kier alpha value is -0.850. The summed E-state index contributed by atoms with van der Waals surface area (Å²) in [5, 5.41) is 0. The van der Waals surface area contributed by atoms with Gasteiger partial charge in [0, 0.05) is 0 Å². The molecule has 4 unspecified atom stereocenters. The predicted octanol–water partition coefficient (Wildman–Crippen LogP) is 10.6. The van der Waals surface area contributed by atoms with Crippen molar-refractivity contribution in [2.24, 2.45) is 29.6 Å². The maximum atomic E-state index is 14.6. The number of fused-ring (bicyclic) bond motifs is 1. The maximum absolute atomic E-state index is 14.6. The fourth-order valence-corrected chi connectivity index (χ4v) is 7.90. The number of halogens is 1. The van der Waals surface area contributed by atoms with Crippen LogP contribution in [0.4, 0.5) is 4.39 Å². The third-order valence-corrected chi connectivity index (χ3v) is 10.2. The van der Waals surface area contributed by atoms with Gasteiger partial charge in [0.15, 0.2) is 0 Å². The molecule has 3 aliphatic carbocycles. The van der Waals surface area contributed by atoms with Crippen LogP contribution in [0.15, 0.2) is 18.2 Å². The minimum atomic E-state index is 0.0479. The molecule has 3 saturated carbocycles. The van der Waals surface area contributed by atoms with Gasteiger partial charge in [-0.3, -0.25) is 0 Å². The highest BCUT2D eigenvalue weighted by atomic mass is 19.1. The lowest BCUT2D eigenvalue weighted by Crippen LogP contribution is -2.30. The molecule has 1 aromatic rings. The molecule has 3 aliphatic rings. The summed E-state index contributed by atoms with van der Waals surface area (Å²) in [5.74, 6) is 5.58. The average Bonchev–Trinajstić information content (AvgIpc) is 2.87. The molecule has 0 saturated heterocycles. The van der Waals surface area contributed by atoms with Gasteiger partial charge in [0.2, 0.25) is 0 Å². The molecule has 4 atom stereocenters. The molecule has 0 aromatic heterocycles. The standard InChI is InChI=1S/C33H53F/c1-3-5-7-8-25-10-12-26(13-11-25)14-15-27-16-17-30-23-31(21-20-29(30)22-27)32-19-18-28(9-6-4-2)33(34)24-32/h18-19,24-27,29-31H,3-17,20-23H2,1-2H3. The van der Waals surface area contributed by atoms with Crippen LogP contribution in [0.5, 0.6) is 0 Å². The Morgan fingerprint density at radius 2 is 1.32 bits per heavy atom. The van der Waals surface area contributed by atoms with Crippen LogP contribution in [0.2, 0.25) is 0 Å². The zero-order chi connectivity index (χ0) is 23.8. The van der Waals surface area contributed by atoms with Crippen molar-refractivity contribution in [3.8, 4) is 0 Å². The minimum absolute atomic E-state index is 0.0479. The van der Waals surface area contributed by atoms with Crippen LogP contribution in [0, 0.1) is 35.4 Å². The number of aryl methyl sites for hydroxylation is 1. The van der Waals surface area contributed by atoms with E-state index in [-0.39, 0.29) is 5.82 Å². The summed E-state index contributed by atoms with van der Waals surface area (Å²) in [7, 11) is 0. The second kappa shape index (κ2) is 13.5. The van der Waals surface area contributed by atoms with Crippen molar-refractivity contribution in [3.63, 3.8) is 0 Å². The van der Waals surface area contributed by atoms with Crippen LogP contribution >= 0.6 is 0 Å². The highest BCUT2D eigenvalue weighted by Crippen LogP contribution is 2.49. The highest BCUT2D eigenvalue weighted by molar-refractivity contribution is 5.27. The fraction of sp³-hybridized carbons (Fsp3) is 0.818. The Balaban J connectivity index is 1.17. The van der Waals surface area contributed by atoms with Crippen LogP contribution in [0.1, 0.15) is 146 Å². The van der Waals surface area contributed by atoms with E-state index in [1.165, 1.54) is 108 Å². The lowest BCUT2D eigenvalue weighted by atomic mass is 9.63. The van der Waals surface area contributed by atoms with Gasteiger partial charge in [0.05, 0.1) is 0 Å². The molecule has 3 fully saturated rings. The normalized spacial score (nSPS) is 31.9. The van der Waals surface area contributed by atoms with Crippen LogP contribution < -0.4 is 0 Å². The van der Waals surface area contributed by atoms with Crippen molar-refractivity contribution >= 4 is 0 Å². The molecular weight excluding hydrogens is 415 g/mol. The third-order valence-electron chi connectivity index (χ3n) is 10.2. The summed E-state index contributed by atoms with van der Waals surface area (Å²) < 4.78 is 14.6. The number of unbranched alkanes of at least 4 members (excludes halogenated alkanes) is 3. The van der Waals surface area contributed by atoms with Gasteiger partial charge in [-0.15, -0.1) is 0 Å². The van der Waals surface area contributed by atoms with Gasteiger partial charge >= 0.3 is 0 Å². The molecule has 0 radical (unpaired) electrons. The van der Waals surface area contributed by atoms with E-state index < -0.39 is 0 Å². The van der Waals surface area contributed by atoms with E-state index in [0.717, 1.165) is 54.4 Å². The molecular formula is C33H53F. The summed E-state index contributed by atoms with van der Waals surface area (Å²) in [4.78, 5) is 0. The zero-order valence-corrected chi connectivity index (χ0v) is 22.5. The van der Waals surface area contributed by atoms with Crippen molar-refractivity contribution in [2.45, 2.75) is 142 Å². The van der Waals surface area contributed by atoms with Crippen LogP contribution in [0.3, 0.4) is 0 Å². The van der Waals surface area contributed by atoms with Gasteiger partial charge in [-0.25, -0.2) is 4.39 Å². The largest absolute Gasteiger partial charge is 0.207 e. The molecule has 192 valence electrons. The van der Waals surface area contributed by atoms with Crippen LogP contribution in [-0.4, -0.2) is 0 Å². The Labute approximate surface area is 210 Å². The van der Waals surface area contributed by atoms with E-state index >= 15 is 0 Å². The Morgan fingerprint density at radius 3 is 2.06 bits per heavy atom. The molecule has 0 spiro atoms. The molecule has 34 heavy (non-hydrogen) atoms. The summed E-state index contributed by atoms with van der Waals surface area (Å²) in [6.07, 6.45) is 26.3. The monoisotopic (exact) mass is 468 g/mol. The quantitative estimate of drug-likeness (QED) is 0.283. The first-order valence-corrected chi connectivity index (χ1v) is 15.4. The van der Waals surface area contributed by atoms with Gasteiger partial charge in [0.1, 0.15) is 5.82 Å². The molecule has 0 aliphatic heterocycles. The third kappa shape index (κ3) is 7.33. The van der Waals surface area contributed by atoms with Gasteiger partial charge < -0.3 is 0 Å². The first-order valence-electron chi connectivity index (χ1n) is 15.4. The summed E-state index contributed by atoms with van der Waals surface area (Å²) in [5.41, 5.74) is 2.20. The predicted molar refractivity (Wildman–Crippen MR) is 145 cm³/mol. The van der Waals surface area contributed by atoms with Crippen molar-refractivity contribution in [1.82, 2.24) is 0 Å². The fourth-order valence-electron chi connectivity index (χ4n) is 7.90. The first kappa shape index (κ1) is 26.2. The molecule has 0 N–H and O–H groups in total. The highest BCUT2D eigenvalue weighted by Gasteiger charge is 2.36. The number of hydrogen-bond donors (Lipinski definition) is 0. The molecule has 0 bridgehead atoms. The number of rotatable bonds is 11. The molecule has 1 aromatic carbocycles. The zero-order valence-electron chi connectivity index (χ0n) is 22.5. The molecule has 0 amide bonds. The Morgan fingerprint density at radius 1 is 0.676 bits per heavy atom. The smallest absolute Gasteiger partial charge is 0.126 e. The van der Waals surface area contributed by atoms with Gasteiger partial charge in [0.25, 0.3) is 0 Å². The van der Waals surface area contributed by atoms with E-state index in [2.05, 4.69) is 26.0 Å². The summed E-state index contributed by atoms with van der Waals surface area (Å²) in [6.45, 7) is 4.50. The number of hydrogen-bond acceptors (Lipinski definition) is 0. The Kier molecular flexibility index (Phi) is 10.4.